The molecule has 0 unspecified atom stereocenters. The standard InChI is InChI=1S/C34H35N7O3/c1-40-12-13-44-33-16-25(8-10-31(33)40)38-28-17-29(30-11-9-26-14-22(18-35)19-37-41(26)30)36-20-27(28)34(43)39-24-6-2-21(3-7-24)15-32(42)23-4-5-23/h8-11,14,16-17,19-21,23-24H,2-7,12-13,15H2,1H3,(H,36,38)(H,39,43). The van der Waals surface area contributed by atoms with Gasteiger partial charge in [-0.05, 0) is 80.8 Å². The lowest BCUT2D eigenvalue weighted by Gasteiger charge is -2.29. The Morgan fingerprint density at radius 2 is 1.89 bits per heavy atom. The van der Waals surface area contributed by atoms with Crippen LogP contribution in [0.1, 0.15) is 60.9 Å². The van der Waals surface area contributed by atoms with Gasteiger partial charge in [0.2, 0.25) is 0 Å². The predicted molar refractivity (Wildman–Crippen MR) is 167 cm³/mol. The second kappa shape index (κ2) is 11.6. The van der Waals surface area contributed by atoms with Crippen molar-refractivity contribution in [3.05, 3.63) is 66.0 Å². The Hall–Kier alpha value is -4.91. The van der Waals surface area contributed by atoms with Crippen molar-refractivity contribution in [3.8, 4) is 23.2 Å². The Morgan fingerprint density at radius 3 is 2.68 bits per heavy atom. The third kappa shape index (κ3) is 5.70. The molecule has 0 saturated heterocycles. The van der Waals surface area contributed by atoms with Gasteiger partial charge in [0.25, 0.3) is 5.91 Å². The predicted octanol–water partition coefficient (Wildman–Crippen LogP) is 5.50. The van der Waals surface area contributed by atoms with Crippen LogP contribution in [-0.4, -0.2) is 52.5 Å². The number of amides is 1. The maximum Gasteiger partial charge on any atom is 0.255 e. The minimum absolute atomic E-state index is 0.0584. The molecule has 2 aliphatic carbocycles. The van der Waals surface area contributed by atoms with Gasteiger partial charge >= 0.3 is 0 Å². The molecule has 10 nitrogen and oxygen atoms in total. The normalized spacial score (nSPS) is 19.5. The molecule has 2 saturated carbocycles. The van der Waals surface area contributed by atoms with Crippen molar-refractivity contribution in [2.24, 2.45) is 11.8 Å². The summed E-state index contributed by atoms with van der Waals surface area (Å²) >= 11 is 0. The van der Waals surface area contributed by atoms with Crippen molar-refractivity contribution in [1.29, 1.82) is 5.26 Å². The van der Waals surface area contributed by atoms with E-state index in [1.807, 2.05) is 43.4 Å². The van der Waals surface area contributed by atoms with Gasteiger partial charge in [-0.1, -0.05) is 0 Å². The molecule has 1 aromatic carbocycles. The number of nitriles is 1. The number of ether oxygens (including phenoxy) is 1. The third-order valence-electron chi connectivity index (χ3n) is 9.08. The van der Waals surface area contributed by atoms with E-state index in [9.17, 15) is 14.9 Å². The molecule has 0 radical (unpaired) electrons. The van der Waals surface area contributed by atoms with Crippen molar-refractivity contribution in [2.45, 2.75) is 51.0 Å². The highest BCUT2D eigenvalue weighted by Gasteiger charge is 2.32. The monoisotopic (exact) mass is 589 g/mol. The molecule has 3 aromatic heterocycles. The fraction of sp³-hybridized carbons (Fsp3) is 0.382. The molecule has 1 amide bonds. The van der Waals surface area contributed by atoms with Crippen LogP contribution in [0.5, 0.6) is 5.75 Å². The highest BCUT2D eigenvalue weighted by atomic mass is 16.5. The molecule has 2 fully saturated rings. The van der Waals surface area contributed by atoms with E-state index in [2.05, 4.69) is 31.7 Å². The van der Waals surface area contributed by atoms with Crippen LogP contribution in [0, 0.1) is 23.2 Å². The van der Waals surface area contributed by atoms with Crippen LogP contribution in [-0.2, 0) is 4.79 Å². The van der Waals surface area contributed by atoms with Gasteiger partial charge in [-0.25, -0.2) is 4.52 Å². The number of nitrogens with zero attached hydrogens (tertiary/aromatic N) is 5. The molecule has 0 bridgehead atoms. The third-order valence-corrected chi connectivity index (χ3v) is 9.08. The van der Waals surface area contributed by atoms with Crippen molar-refractivity contribution in [2.75, 3.05) is 30.4 Å². The largest absolute Gasteiger partial charge is 0.489 e. The minimum Gasteiger partial charge on any atom is -0.489 e. The number of carbonyl (C=O) groups excluding carboxylic acids is 2. The van der Waals surface area contributed by atoms with Crippen LogP contribution in [0.3, 0.4) is 0 Å². The van der Waals surface area contributed by atoms with Crippen molar-refractivity contribution in [1.82, 2.24) is 19.9 Å². The minimum atomic E-state index is -0.185. The maximum absolute atomic E-state index is 13.7. The van der Waals surface area contributed by atoms with Gasteiger partial charge in [-0.15, -0.1) is 0 Å². The lowest BCUT2D eigenvalue weighted by molar-refractivity contribution is -0.121. The fourth-order valence-electron chi connectivity index (χ4n) is 6.36. The summed E-state index contributed by atoms with van der Waals surface area (Å²) < 4.78 is 7.66. The molecule has 4 aromatic rings. The zero-order valence-corrected chi connectivity index (χ0v) is 24.8. The summed E-state index contributed by atoms with van der Waals surface area (Å²) in [5.74, 6) is 1.77. The quantitative estimate of drug-likeness (QED) is 0.276. The lowest BCUT2D eigenvalue weighted by atomic mass is 9.82. The Bertz CT molecular complexity index is 1780. The van der Waals surface area contributed by atoms with Gasteiger partial charge in [0.05, 0.1) is 52.1 Å². The molecular formula is C34H35N7O3. The van der Waals surface area contributed by atoms with Crippen LogP contribution in [0.2, 0.25) is 0 Å². The SMILES string of the molecule is CN1CCOc2cc(Nc3cc(-c4ccc5cc(C#N)cnn45)ncc3C(=O)NC3CCC(CC(=O)C4CC4)CC3)ccc21. The Kier molecular flexibility index (Phi) is 7.38. The molecule has 224 valence electrons. The number of ketones is 1. The van der Waals surface area contributed by atoms with E-state index < -0.39 is 0 Å². The smallest absolute Gasteiger partial charge is 0.255 e. The van der Waals surface area contributed by atoms with E-state index in [0.717, 1.165) is 73.4 Å². The summed E-state index contributed by atoms with van der Waals surface area (Å²) in [5, 5.41) is 20.4. The number of hydrogen-bond donors (Lipinski definition) is 2. The summed E-state index contributed by atoms with van der Waals surface area (Å²) in [6.07, 6.45) is 9.58. The zero-order chi connectivity index (χ0) is 30.2. The number of Topliss-reactive ketones (excluding diaryl/α,β-unsaturated/α-hetero) is 1. The number of rotatable bonds is 8. The highest BCUT2D eigenvalue weighted by molar-refractivity contribution is 6.01. The van der Waals surface area contributed by atoms with Gasteiger partial charge in [0.15, 0.2) is 0 Å². The van der Waals surface area contributed by atoms with Crippen molar-refractivity contribution < 1.29 is 14.3 Å². The van der Waals surface area contributed by atoms with E-state index in [-0.39, 0.29) is 11.9 Å². The van der Waals surface area contributed by atoms with E-state index in [1.165, 1.54) is 6.20 Å². The van der Waals surface area contributed by atoms with Gasteiger partial charge < -0.3 is 20.3 Å². The Labute approximate surface area is 256 Å². The first-order valence-corrected chi connectivity index (χ1v) is 15.4. The summed E-state index contributed by atoms with van der Waals surface area (Å²) in [7, 11) is 2.04. The molecule has 1 aliphatic heterocycles. The molecule has 0 spiro atoms. The van der Waals surface area contributed by atoms with Crippen LogP contribution in [0.4, 0.5) is 17.1 Å². The van der Waals surface area contributed by atoms with E-state index >= 15 is 0 Å². The molecule has 10 heteroatoms. The first-order chi connectivity index (χ1) is 21.4. The fourth-order valence-corrected chi connectivity index (χ4v) is 6.36. The maximum atomic E-state index is 13.7. The van der Waals surface area contributed by atoms with Crippen molar-refractivity contribution >= 4 is 34.3 Å². The van der Waals surface area contributed by atoms with Gasteiger partial charge in [0.1, 0.15) is 24.2 Å². The number of aromatic nitrogens is 3. The van der Waals surface area contributed by atoms with E-state index in [4.69, 9.17) is 4.74 Å². The first kappa shape index (κ1) is 27.9. The van der Waals surface area contributed by atoms with Crippen molar-refractivity contribution in [3.63, 3.8) is 0 Å². The summed E-state index contributed by atoms with van der Waals surface area (Å²) in [4.78, 5) is 32.9. The van der Waals surface area contributed by atoms with Crippen LogP contribution >= 0.6 is 0 Å². The number of likely N-dealkylation sites (N-methyl/N-ethyl adjacent to an activating group) is 1. The van der Waals surface area contributed by atoms with Gasteiger partial charge in [0, 0.05) is 43.4 Å². The zero-order valence-electron chi connectivity index (χ0n) is 24.8. The molecule has 7 rings (SSSR count). The van der Waals surface area contributed by atoms with Gasteiger partial charge in [-0.2, -0.15) is 10.4 Å². The van der Waals surface area contributed by atoms with E-state index in [1.54, 1.807) is 16.8 Å². The highest BCUT2D eigenvalue weighted by Crippen LogP contribution is 2.37. The number of pyridine rings is 1. The molecule has 0 atom stereocenters. The molecule has 2 N–H and O–H groups in total. The average Bonchev–Trinajstić information content (AvgIpc) is 3.81. The summed E-state index contributed by atoms with van der Waals surface area (Å²) in [6.45, 7) is 1.44. The molecule has 3 aliphatic rings. The lowest BCUT2D eigenvalue weighted by Crippen LogP contribution is -2.38. The number of hydrogen-bond acceptors (Lipinski definition) is 8. The molecule has 44 heavy (non-hydrogen) atoms. The average molecular weight is 590 g/mol. The second-order valence-corrected chi connectivity index (χ2v) is 12.2. The van der Waals surface area contributed by atoms with Crippen LogP contribution in [0.25, 0.3) is 16.9 Å². The Morgan fingerprint density at radius 1 is 1.05 bits per heavy atom. The Balaban J connectivity index is 1.15. The number of benzene rings is 1. The number of carbonyl (C=O) groups is 2. The van der Waals surface area contributed by atoms with Crippen LogP contribution < -0.4 is 20.3 Å². The molecular weight excluding hydrogens is 554 g/mol. The number of fused-ring (bicyclic) bond motifs is 2. The number of anilines is 3. The van der Waals surface area contributed by atoms with Crippen LogP contribution in [0.15, 0.2) is 54.9 Å². The first-order valence-electron chi connectivity index (χ1n) is 15.4. The topological polar surface area (TPSA) is 125 Å². The number of nitrogens with one attached hydrogen (secondary N) is 2. The van der Waals surface area contributed by atoms with E-state index in [0.29, 0.717) is 53.2 Å². The summed E-state index contributed by atoms with van der Waals surface area (Å²) in [5.41, 5.74) is 5.51. The van der Waals surface area contributed by atoms with Gasteiger partial charge in [-0.3, -0.25) is 14.6 Å². The molecule has 4 heterocycles. The second-order valence-electron chi connectivity index (χ2n) is 12.2. The summed E-state index contributed by atoms with van der Waals surface area (Å²) in [6, 6.07) is 15.6.